The van der Waals surface area contributed by atoms with E-state index in [1.807, 2.05) is 31.2 Å². The largest absolute Gasteiger partial charge is 0.507 e. The normalized spacial score (nSPS) is 17.2. The molecule has 1 amide bonds. The monoisotopic (exact) mass is 582 g/mol. The lowest BCUT2D eigenvalue weighted by atomic mass is 9.95. The molecule has 182 valence electrons. The molecule has 36 heavy (non-hydrogen) atoms. The molecule has 0 saturated carbocycles. The molecule has 2 heterocycles. The lowest BCUT2D eigenvalue weighted by Crippen LogP contribution is -2.29. The first kappa shape index (κ1) is 24.5. The minimum absolute atomic E-state index is 0.00221. The molecule has 6 nitrogen and oxygen atoms in total. The van der Waals surface area contributed by atoms with Gasteiger partial charge in [-0.1, -0.05) is 57.9 Å². The van der Waals surface area contributed by atoms with E-state index >= 15 is 0 Å². The number of ketones is 1. The van der Waals surface area contributed by atoms with E-state index in [0.29, 0.717) is 39.2 Å². The number of halogens is 2. The van der Waals surface area contributed by atoms with Gasteiger partial charge in [0.25, 0.3) is 5.78 Å². The number of benzene rings is 3. The van der Waals surface area contributed by atoms with Gasteiger partial charge in [0.05, 0.1) is 28.4 Å². The van der Waals surface area contributed by atoms with Crippen molar-refractivity contribution in [1.82, 2.24) is 4.98 Å². The quantitative estimate of drug-likeness (QED) is 0.148. The number of ether oxygens (including phenoxy) is 1. The molecule has 4 aromatic rings. The molecule has 1 fully saturated rings. The molecule has 9 heteroatoms. The predicted octanol–water partition coefficient (Wildman–Crippen LogP) is 7.13. The van der Waals surface area contributed by atoms with Crippen molar-refractivity contribution in [2.45, 2.75) is 19.4 Å². The van der Waals surface area contributed by atoms with Gasteiger partial charge in [-0.25, -0.2) is 4.98 Å². The second kappa shape index (κ2) is 10.0. The van der Waals surface area contributed by atoms with Gasteiger partial charge in [-0.15, -0.1) is 0 Å². The zero-order valence-electron chi connectivity index (χ0n) is 19.1. The highest BCUT2D eigenvalue weighted by Crippen LogP contribution is 2.45. The van der Waals surface area contributed by atoms with E-state index in [0.717, 1.165) is 15.6 Å². The van der Waals surface area contributed by atoms with E-state index in [4.69, 9.17) is 16.3 Å². The van der Waals surface area contributed by atoms with Gasteiger partial charge in [0, 0.05) is 15.1 Å². The van der Waals surface area contributed by atoms with Crippen LogP contribution in [0.1, 0.15) is 30.5 Å². The summed E-state index contributed by atoms with van der Waals surface area (Å²) in [6, 6.07) is 18.5. The van der Waals surface area contributed by atoms with Crippen LogP contribution in [0.3, 0.4) is 0 Å². The number of thiazole rings is 1. The maximum Gasteiger partial charge on any atom is 0.301 e. The number of aliphatic hydroxyl groups is 1. The van der Waals surface area contributed by atoms with Gasteiger partial charge in [-0.05, 0) is 66.6 Å². The Bertz CT molecular complexity index is 1520. The molecule has 1 aliphatic heterocycles. The second-order valence-electron chi connectivity index (χ2n) is 8.21. The number of nitrogens with zero attached hydrogens (tertiary/aromatic N) is 2. The number of carbonyl (C=O) groups is 2. The number of fused-ring (bicyclic) bond motifs is 1. The van der Waals surface area contributed by atoms with E-state index in [2.05, 4.69) is 20.9 Å². The molecule has 1 N–H and O–H groups in total. The van der Waals surface area contributed by atoms with Crippen LogP contribution in [0.2, 0.25) is 5.02 Å². The summed E-state index contributed by atoms with van der Waals surface area (Å²) in [5, 5.41) is 12.2. The number of hydrogen-bond acceptors (Lipinski definition) is 6. The molecule has 1 aliphatic rings. The molecule has 3 aromatic carbocycles. The van der Waals surface area contributed by atoms with Gasteiger partial charge < -0.3 is 9.84 Å². The molecule has 1 saturated heterocycles. The number of Topliss-reactive ketones (excluding diaryl/α,β-unsaturated/α-hetero) is 1. The summed E-state index contributed by atoms with van der Waals surface area (Å²) in [5.41, 5.74) is 1.73. The second-order valence-corrected chi connectivity index (χ2v) is 10.6. The van der Waals surface area contributed by atoms with E-state index in [1.54, 1.807) is 42.5 Å². The van der Waals surface area contributed by atoms with Crippen molar-refractivity contribution in [1.29, 1.82) is 0 Å². The summed E-state index contributed by atoms with van der Waals surface area (Å²) in [5.74, 6) is -1.13. The molecular weight excluding hydrogens is 564 g/mol. The molecule has 1 aromatic heterocycles. The number of anilines is 1. The molecule has 1 atom stereocenters. The summed E-state index contributed by atoms with van der Waals surface area (Å²) in [7, 11) is 0. The van der Waals surface area contributed by atoms with Crippen molar-refractivity contribution in [3.63, 3.8) is 0 Å². The van der Waals surface area contributed by atoms with Crippen LogP contribution in [0.25, 0.3) is 16.0 Å². The smallest absolute Gasteiger partial charge is 0.301 e. The Balaban J connectivity index is 1.65. The van der Waals surface area contributed by atoms with Crippen molar-refractivity contribution in [3.05, 3.63) is 92.9 Å². The zero-order chi connectivity index (χ0) is 25.4. The minimum Gasteiger partial charge on any atom is -0.507 e. The van der Waals surface area contributed by atoms with Gasteiger partial charge in [0.2, 0.25) is 0 Å². The van der Waals surface area contributed by atoms with Crippen molar-refractivity contribution in [2.75, 3.05) is 11.5 Å². The lowest BCUT2D eigenvalue weighted by molar-refractivity contribution is -0.132. The molecule has 5 rings (SSSR count). The summed E-state index contributed by atoms with van der Waals surface area (Å²) >= 11 is 10.9. The standard InChI is InChI=1S/C27H20BrClN2O4S/c1-2-12-35-19-9-6-15(7-10-19)24(32)22-23(16-4-3-5-17(28)13-16)31(26(34)25(22)33)27-30-20-11-8-18(29)14-21(20)36-27/h3-11,13-14,23,32H,2,12H2,1H3. The van der Waals surface area contributed by atoms with Gasteiger partial charge in [-0.3, -0.25) is 14.5 Å². The lowest BCUT2D eigenvalue weighted by Gasteiger charge is -2.23. The van der Waals surface area contributed by atoms with E-state index in [-0.39, 0.29) is 11.3 Å². The number of hydrogen-bond donors (Lipinski definition) is 1. The maximum atomic E-state index is 13.4. The van der Waals surface area contributed by atoms with Gasteiger partial charge in [0.15, 0.2) is 5.13 Å². The van der Waals surface area contributed by atoms with Crippen molar-refractivity contribution in [3.8, 4) is 5.75 Å². The Morgan fingerprint density at radius 3 is 2.64 bits per heavy atom. The molecule has 0 spiro atoms. The summed E-state index contributed by atoms with van der Waals surface area (Å²) in [6.45, 7) is 2.59. The average molecular weight is 584 g/mol. The van der Waals surface area contributed by atoms with Crippen LogP contribution < -0.4 is 9.64 Å². The molecule has 0 aliphatic carbocycles. The predicted molar refractivity (Wildman–Crippen MR) is 146 cm³/mol. The first-order valence-corrected chi connectivity index (χ1v) is 13.2. The Hall–Kier alpha value is -3.20. The number of aromatic nitrogens is 1. The fourth-order valence-electron chi connectivity index (χ4n) is 4.10. The fourth-order valence-corrected chi connectivity index (χ4v) is 5.78. The molecular formula is C27H20BrClN2O4S. The van der Waals surface area contributed by atoms with Crippen LogP contribution in [0.5, 0.6) is 5.75 Å². The Labute approximate surface area is 224 Å². The Kier molecular flexibility index (Phi) is 6.83. The number of amides is 1. The van der Waals surface area contributed by atoms with E-state index in [9.17, 15) is 14.7 Å². The Morgan fingerprint density at radius 1 is 1.14 bits per heavy atom. The van der Waals surface area contributed by atoms with E-state index in [1.165, 1.54) is 16.2 Å². The number of carbonyl (C=O) groups excluding carboxylic acids is 2. The zero-order valence-corrected chi connectivity index (χ0v) is 22.2. The van der Waals surface area contributed by atoms with Gasteiger partial charge in [0.1, 0.15) is 11.5 Å². The first-order chi connectivity index (χ1) is 17.4. The van der Waals surface area contributed by atoms with Crippen molar-refractivity contribution in [2.24, 2.45) is 0 Å². The molecule has 1 unspecified atom stereocenters. The number of aliphatic hydroxyl groups excluding tert-OH is 1. The third-order valence-electron chi connectivity index (χ3n) is 5.75. The summed E-state index contributed by atoms with van der Waals surface area (Å²) in [4.78, 5) is 32.7. The highest BCUT2D eigenvalue weighted by molar-refractivity contribution is 9.10. The maximum absolute atomic E-state index is 13.4. The first-order valence-electron chi connectivity index (χ1n) is 11.2. The molecule has 0 bridgehead atoms. The van der Waals surface area contributed by atoms with Crippen LogP contribution in [0, 0.1) is 0 Å². The van der Waals surface area contributed by atoms with Gasteiger partial charge in [-0.2, -0.15) is 0 Å². The third-order valence-corrected chi connectivity index (χ3v) is 7.50. The fraction of sp³-hybridized carbons (Fsp3) is 0.148. The van der Waals surface area contributed by atoms with Crippen LogP contribution in [-0.4, -0.2) is 28.4 Å². The minimum atomic E-state index is -0.866. The SMILES string of the molecule is CCCOc1ccc(C(O)=C2C(=O)C(=O)N(c3nc4ccc(Cl)cc4s3)C2c2cccc(Br)c2)cc1. The van der Waals surface area contributed by atoms with Crippen LogP contribution in [0.15, 0.2) is 76.8 Å². The molecule has 0 radical (unpaired) electrons. The van der Waals surface area contributed by atoms with Gasteiger partial charge >= 0.3 is 5.91 Å². The van der Waals surface area contributed by atoms with Crippen LogP contribution in [0.4, 0.5) is 5.13 Å². The Morgan fingerprint density at radius 2 is 1.92 bits per heavy atom. The van der Waals surface area contributed by atoms with Crippen LogP contribution >= 0.6 is 38.9 Å². The van der Waals surface area contributed by atoms with Crippen molar-refractivity contribution >= 4 is 71.7 Å². The van der Waals surface area contributed by atoms with E-state index < -0.39 is 17.7 Å². The third kappa shape index (κ3) is 4.52. The average Bonchev–Trinajstić information content (AvgIpc) is 3.40. The number of rotatable bonds is 6. The summed E-state index contributed by atoms with van der Waals surface area (Å²) in [6.07, 6.45) is 0.871. The van der Waals surface area contributed by atoms with Crippen molar-refractivity contribution < 1.29 is 19.4 Å². The summed E-state index contributed by atoms with van der Waals surface area (Å²) < 4.78 is 7.18. The van der Waals surface area contributed by atoms with Crippen LogP contribution in [-0.2, 0) is 9.59 Å². The highest BCUT2D eigenvalue weighted by atomic mass is 79.9. The highest BCUT2D eigenvalue weighted by Gasteiger charge is 2.48. The topological polar surface area (TPSA) is 79.7 Å².